The van der Waals surface area contributed by atoms with Gasteiger partial charge in [-0.1, -0.05) is 36.8 Å². The van der Waals surface area contributed by atoms with Crippen molar-refractivity contribution in [3.63, 3.8) is 0 Å². The summed E-state index contributed by atoms with van der Waals surface area (Å²) in [5, 5.41) is 2.80. The Morgan fingerprint density at radius 2 is 1.92 bits per heavy atom. The average Bonchev–Trinajstić information content (AvgIpc) is 2.89. The van der Waals surface area contributed by atoms with Crippen LogP contribution in [0, 0.1) is 6.92 Å². The van der Waals surface area contributed by atoms with Gasteiger partial charge in [-0.3, -0.25) is 13.9 Å². The van der Waals surface area contributed by atoms with Gasteiger partial charge in [0.1, 0.15) is 0 Å². The Hall–Kier alpha value is -2.89. The summed E-state index contributed by atoms with van der Waals surface area (Å²) in [7, 11) is 0. The maximum Gasteiger partial charge on any atom is 0.330 e. The molecule has 6 heteroatoms. The molecule has 0 aliphatic heterocycles. The van der Waals surface area contributed by atoms with Crippen molar-refractivity contribution in [3.8, 4) is 0 Å². The van der Waals surface area contributed by atoms with Crippen LogP contribution in [0.2, 0.25) is 0 Å². The van der Waals surface area contributed by atoms with E-state index in [4.69, 9.17) is 0 Å². The number of rotatable bonds is 6. The van der Waals surface area contributed by atoms with Crippen molar-refractivity contribution in [3.05, 3.63) is 64.2 Å². The lowest BCUT2D eigenvalue weighted by Gasteiger charge is -2.05. The van der Waals surface area contributed by atoms with Crippen molar-refractivity contribution in [2.24, 2.45) is 0 Å². The van der Waals surface area contributed by atoms with Crippen LogP contribution in [-0.4, -0.2) is 26.6 Å². The van der Waals surface area contributed by atoms with Crippen LogP contribution in [0.25, 0.3) is 11.2 Å². The molecular formula is C19H22N4O2. The molecule has 1 N–H and O–H groups in total. The topological polar surface area (TPSA) is 68.9 Å². The van der Waals surface area contributed by atoms with Crippen molar-refractivity contribution in [2.75, 3.05) is 6.54 Å². The third kappa shape index (κ3) is 3.63. The highest BCUT2D eigenvalue weighted by atomic mass is 16.2. The van der Waals surface area contributed by atoms with Crippen molar-refractivity contribution in [1.82, 2.24) is 19.4 Å². The van der Waals surface area contributed by atoms with Crippen LogP contribution < -0.4 is 11.0 Å². The van der Waals surface area contributed by atoms with E-state index in [1.165, 1.54) is 5.56 Å². The number of nitrogens with zero attached hydrogens (tertiary/aromatic N) is 3. The molecule has 0 fully saturated rings. The summed E-state index contributed by atoms with van der Waals surface area (Å²) in [6.07, 6.45) is 2.11. The fraction of sp³-hybridized carbons (Fsp3) is 0.316. The molecule has 3 aromatic rings. The number of hydrogen-bond donors (Lipinski definition) is 1. The predicted octanol–water partition coefficient (Wildman–Crippen LogP) is 2.08. The van der Waals surface area contributed by atoms with Crippen molar-refractivity contribution >= 4 is 17.1 Å². The fourth-order valence-electron chi connectivity index (χ4n) is 2.81. The van der Waals surface area contributed by atoms with Crippen molar-refractivity contribution < 1.29 is 4.79 Å². The van der Waals surface area contributed by atoms with Gasteiger partial charge in [-0.2, -0.15) is 0 Å². The van der Waals surface area contributed by atoms with Crippen LogP contribution in [0.1, 0.15) is 24.5 Å². The summed E-state index contributed by atoms with van der Waals surface area (Å²) < 4.78 is 3.36. The summed E-state index contributed by atoms with van der Waals surface area (Å²) in [6, 6.07) is 11.9. The standard InChI is InChI=1S/C19H22N4O2/c1-3-17(24)20-11-12-22-18-16(5-4-10-21-18)23(19(22)25)13-15-8-6-14(2)7-9-15/h4-10H,3,11-13H2,1-2H3,(H,20,24). The fourth-order valence-corrected chi connectivity index (χ4v) is 2.81. The molecule has 0 atom stereocenters. The zero-order chi connectivity index (χ0) is 17.8. The van der Waals surface area contributed by atoms with E-state index >= 15 is 0 Å². The quantitative estimate of drug-likeness (QED) is 0.748. The predicted molar refractivity (Wildman–Crippen MR) is 97.6 cm³/mol. The number of amides is 1. The number of hydrogen-bond acceptors (Lipinski definition) is 3. The Bertz CT molecular complexity index is 938. The van der Waals surface area contributed by atoms with Crippen LogP contribution in [0.4, 0.5) is 0 Å². The van der Waals surface area contributed by atoms with E-state index < -0.39 is 0 Å². The maximum atomic E-state index is 12.9. The molecule has 0 aliphatic carbocycles. The second-order valence-electron chi connectivity index (χ2n) is 6.06. The first-order chi connectivity index (χ1) is 12.1. The molecule has 0 saturated carbocycles. The Morgan fingerprint density at radius 3 is 2.64 bits per heavy atom. The molecule has 2 aromatic heterocycles. The lowest BCUT2D eigenvalue weighted by molar-refractivity contribution is -0.120. The van der Waals surface area contributed by atoms with E-state index in [0.29, 0.717) is 31.7 Å². The van der Waals surface area contributed by atoms with Gasteiger partial charge in [0.2, 0.25) is 5.91 Å². The molecule has 0 bridgehead atoms. The summed E-state index contributed by atoms with van der Waals surface area (Å²) in [5.74, 6) is -0.0237. The Kier molecular flexibility index (Phi) is 4.97. The van der Waals surface area contributed by atoms with Crippen LogP contribution in [0.5, 0.6) is 0 Å². The number of aromatic nitrogens is 3. The first kappa shape index (κ1) is 17.0. The van der Waals surface area contributed by atoms with E-state index in [-0.39, 0.29) is 11.6 Å². The molecule has 0 saturated heterocycles. The minimum atomic E-state index is -0.111. The minimum Gasteiger partial charge on any atom is -0.354 e. The Labute approximate surface area is 146 Å². The highest BCUT2D eigenvalue weighted by molar-refractivity contribution is 5.75. The second-order valence-corrected chi connectivity index (χ2v) is 6.06. The number of carbonyl (C=O) groups excluding carboxylic acids is 1. The van der Waals surface area contributed by atoms with Gasteiger partial charge in [0.15, 0.2) is 5.65 Å². The van der Waals surface area contributed by atoms with Crippen molar-refractivity contribution in [2.45, 2.75) is 33.4 Å². The lowest BCUT2D eigenvalue weighted by atomic mass is 10.1. The summed E-state index contributed by atoms with van der Waals surface area (Å²) in [6.45, 7) is 5.15. The number of carbonyl (C=O) groups is 1. The Balaban J connectivity index is 1.93. The number of pyridine rings is 1. The van der Waals surface area contributed by atoms with E-state index in [1.807, 2.05) is 43.3 Å². The number of benzene rings is 1. The zero-order valence-corrected chi connectivity index (χ0v) is 14.5. The second kappa shape index (κ2) is 7.34. The minimum absolute atomic E-state index is 0.0237. The van der Waals surface area contributed by atoms with Crippen LogP contribution >= 0.6 is 0 Å². The molecule has 6 nitrogen and oxygen atoms in total. The SMILES string of the molecule is CCC(=O)NCCn1c(=O)n(Cc2ccc(C)cc2)c2cccnc21. The van der Waals surface area contributed by atoms with Gasteiger partial charge >= 0.3 is 5.69 Å². The normalized spacial score (nSPS) is 11.0. The number of fused-ring (bicyclic) bond motifs is 1. The highest BCUT2D eigenvalue weighted by Crippen LogP contribution is 2.12. The van der Waals surface area contributed by atoms with Gasteiger partial charge in [-0.15, -0.1) is 0 Å². The first-order valence-corrected chi connectivity index (χ1v) is 8.46. The molecule has 1 amide bonds. The first-order valence-electron chi connectivity index (χ1n) is 8.46. The highest BCUT2D eigenvalue weighted by Gasteiger charge is 2.14. The molecule has 2 heterocycles. The van der Waals surface area contributed by atoms with E-state index in [0.717, 1.165) is 11.1 Å². The molecule has 1 aromatic carbocycles. The van der Waals surface area contributed by atoms with E-state index in [2.05, 4.69) is 10.3 Å². The van der Waals surface area contributed by atoms with Crippen LogP contribution in [0.3, 0.4) is 0 Å². The number of imidazole rings is 1. The molecule has 25 heavy (non-hydrogen) atoms. The summed E-state index contributed by atoms with van der Waals surface area (Å²) in [5.41, 5.74) is 3.59. The van der Waals surface area contributed by atoms with Crippen LogP contribution in [-0.2, 0) is 17.9 Å². The summed E-state index contributed by atoms with van der Waals surface area (Å²) >= 11 is 0. The molecule has 0 unspecified atom stereocenters. The lowest BCUT2D eigenvalue weighted by Crippen LogP contribution is -2.31. The van der Waals surface area contributed by atoms with E-state index in [1.54, 1.807) is 22.3 Å². The molecule has 0 radical (unpaired) electrons. The molecular weight excluding hydrogens is 316 g/mol. The zero-order valence-electron chi connectivity index (χ0n) is 14.5. The van der Waals surface area contributed by atoms with Gasteiger partial charge in [0.05, 0.1) is 12.1 Å². The average molecular weight is 338 g/mol. The van der Waals surface area contributed by atoms with Gasteiger partial charge in [0, 0.05) is 25.7 Å². The largest absolute Gasteiger partial charge is 0.354 e. The number of aryl methyl sites for hydroxylation is 1. The number of nitrogens with one attached hydrogen (secondary N) is 1. The monoisotopic (exact) mass is 338 g/mol. The van der Waals surface area contributed by atoms with Gasteiger partial charge in [-0.25, -0.2) is 9.78 Å². The van der Waals surface area contributed by atoms with Gasteiger partial charge in [0.25, 0.3) is 0 Å². The third-order valence-corrected chi connectivity index (χ3v) is 4.21. The van der Waals surface area contributed by atoms with E-state index in [9.17, 15) is 9.59 Å². The smallest absolute Gasteiger partial charge is 0.330 e. The van der Waals surface area contributed by atoms with Gasteiger partial charge in [-0.05, 0) is 24.6 Å². The third-order valence-electron chi connectivity index (χ3n) is 4.21. The Morgan fingerprint density at radius 1 is 1.16 bits per heavy atom. The maximum absolute atomic E-state index is 12.9. The van der Waals surface area contributed by atoms with Gasteiger partial charge < -0.3 is 5.32 Å². The summed E-state index contributed by atoms with van der Waals surface area (Å²) in [4.78, 5) is 28.6. The van der Waals surface area contributed by atoms with Crippen molar-refractivity contribution in [1.29, 1.82) is 0 Å². The molecule has 0 spiro atoms. The molecule has 3 rings (SSSR count). The molecule has 0 aliphatic rings. The van der Waals surface area contributed by atoms with Crippen LogP contribution in [0.15, 0.2) is 47.4 Å². The molecule has 130 valence electrons.